The number of rotatable bonds is 3. The molecule has 0 saturated carbocycles. The predicted octanol–water partition coefficient (Wildman–Crippen LogP) is -0.427. The molecule has 1 aromatic rings. The Morgan fingerprint density at radius 2 is 2.56 bits per heavy atom. The fourth-order valence-electron chi connectivity index (χ4n) is 1.83. The molecular weight excluding hydrogens is 206 g/mol. The minimum Gasteiger partial charge on any atom is -0.347 e. The van der Waals surface area contributed by atoms with Crippen molar-refractivity contribution >= 4 is 5.91 Å². The fraction of sp³-hybridized carbons (Fsp3) is 0.700. The van der Waals surface area contributed by atoms with Gasteiger partial charge in [-0.2, -0.15) is 0 Å². The summed E-state index contributed by atoms with van der Waals surface area (Å²) in [6, 6.07) is -0.0398. The number of amides is 1. The highest BCUT2D eigenvalue weighted by molar-refractivity contribution is 5.81. The second-order valence-corrected chi connectivity index (χ2v) is 4.08. The molecule has 1 atom stereocenters. The maximum atomic E-state index is 11.8. The Morgan fingerprint density at radius 3 is 3.19 bits per heavy atom. The number of carbonyl (C=O) groups is 1. The van der Waals surface area contributed by atoms with E-state index >= 15 is 0 Å². The first kappa shape index (κ1) is 11.1. The largest absolute Gasteiger partial charge is 0.347 e. The molecule has 1 saturated heterocycles. The number of piperidine rings is 1. The van der Waals surface area contributed by atoms with E-state index in [4.69, 9.17) is 0 Å². The molecule has 6 nitrogen and oxygen atoms in total. The van der Waals surface area contributed by atoms with E-state index in [1.807, 2.05) is 7.05 Å². The Kier molecular flexibility index (Phi) is 3.51. The van der Waals surface area contributed by atoms with Crippen LogP contribution in [0, 0.1) is 0 Å². The number of nitrogens with zero attached hydrogens (tertiary/aromatic N) is 3. The van der Waals surface area contributed by atoms with Crippen molar-refractivity contribution in [2.24, 2.45) is 7.05 Å². The quantitative estimate of drug-likeness (QED) is 0.729. The lowest BCUT2D eigenvalue weighted by Crippen LogP contribution is -2.46. The van der Waals surface area contributed by atoms with E-state index in [9.17, 15) is 4.79 Å². The molecule has 1 aromatic heterocycles. The summed E-state index contributed by atoms with van der Waals surface area (Å²) in [7, 11) is 1.86. The first-order chi connectivity index (χ1) is 7.77. The average molecular weight is 223 g/mol. The average Bonchev–Trinajstić information content (AvgIpc) is 2.73. The van der Waals surface area contributed by atoms with Crippen molar-refractivity contribution in [3.8, 4) is 0 Å². The first-order valence-corrected chi connectivity index (χ1v) is 5.61. The zero-order valence-electron chi connectivity index (χ0n) is 9.44. The van der Waals surface area contributed by atoms with Crippen LogP contribution in [0.4, 0.5) is 0 Å². The number of hydrogen-bond acceptors (Lipinski definition) is 4. The van der Waals surface area contributed by atoms with Crippen molar-refractivity contribution in [2.45, 2.75) is 31.8 Å². The first-order valence-electron chi connectivity index (χ1n) is 5.61. The van der Waals surface area contributed by atoms with Gasteiger partial charge in [0.2, 0.25) is 5.91 Å². The molecule has 16 heavy (non-hydrogen) atoms. The molecule has 0 radical (unpaired) electrons. The van der Waals surface area contributed by atoms with E-state index in [2.05, 4.69) is 20.8 Å². The lowest BCUT2D eigenvalue weighted by molar-refractivity contribution is -0.123. The van der Waals surface area contributed by atoms with Gasteiger partial charge in [0.1, 0.15) is 6.33 Å². The molecule has 88 valence electrons. The highest BCUT2D eigenvalue weighted by Gasteiger charge is 2.20. The maximum absolute atomic E-state index is 11.8. The van der Waals surface area contributed by atoms with Crippen molar-refractivity contribution < 1.29 is 4.79 Å². The van der Waals surface area contributed by atoms with Gasteiger partial charge in [0.05, 0.1) is 12.6 Å². The third-order valence-corrected chi connectivity index (χ3v) is 2.85. The van der Waals surface area contributed by atoms with E-state index in [1.54, 1.807) is 10.9 Å². The monoisotopic (exact) mass is 223 g/mol. The van der Waals surface area contributed by atoms with Gasteiger partial charge in [0.15, 0.2) is 5.82 Å². The molecule has 0 bridgehead atoms. The van der Waals surface area contributed by atoms with Gasteiger partial charge in [-0.05, 0) is 19.4 Å². The summed E-state index contributed by atoms with van der Waals surface area (Å²) in [5.74, 6) is 0.826. The number of carbonyl (C=O) groups excluding carboxylic acids is 1. The van der Waals surface area contributed by atoms with E-state index in [0.29, 0.717) is 6.54 Å². The molecule has 0 unspecified atom stereocenters. The molecular formula is C10H17N5O. The summed E-state index contributed by atoms with van der Waals surface area (Å²) in [6.07, 6.45) is 4.83. The van der Waals surface area contributed by atoms with Gasteiger partial charge in [-0.15, -0.1) is 10.2 Å². The Balaban J connectivity index is 1.81. The zero-order chi connectivity index (χ0) is 11.4. The SMILES string of the molecule is Cn1cnnc1CNC(=O)[C@@H]1CCCCN1. The van der Waals surface area contributed by atoms with Gasteiger partial charge >= 0.3 is 0 Å². The molecule has 1 amide bonds. The predicted molar refractivity (Wildman–Crippen MR) is 58.5 cm³/mol. The standard InChI is InChI=1S/C10H17N5O/c1-15-7-13-14-9(15)6-12-10(16)8-4-2-3-5-11-8/h7-8,11H,2-6H2,1H3,(H,12,16)/t8-/m0/s1. The lowest BCUT2D eigenvalue weighted by Gasteiger charge is -2.22. The van der Waals surface area contributed by atoms with Crippen LogP contribution in [-0.4, -0.2) is 33.3 Å². The lowest BCUT2D eigenvalue weighted by atomic mass is 10.0. The highest BCUT2D eigenvalue weighted by atomic mass is 16.2. The summed E-state index contributed by atoms with van der Waals surface area (Å²) < 4.78 is 1.80. The van der Waals surface area contributed by atoms with Crippen LogP contribution in [0.2, 0.25) is 0 Å². The number of aryl methyl sites for hydroxylation is 1. The molecule has 6 heteroatoms. The van der Waals surface area contributed by atoms with Crippen molar-refractivity contribution in [1.29, 1.82) is 0 Å². The van der Waals surface area contributed by atoms with Crippen molar-refractivity contribution in [3.63, 3.8) is 0 Å². The van der Waals surface area contributed by atoms with Crippen LogP contribution in [-0.2, 0) is 18.4 Å². The summed E-state index contributed by atoms with van der Waals surface area (Å²) in [5.41, 5.74) is 0. The summed E-state index contributed by atoms with van der Waals surface area (Å²) in [6.45, 7) is 1.37. The van der Waals surface area contributed by atoms with Crippen LogP contribution in [0.3, 0.4) is 0 Å². The zero-order valence-corrected chi connectivity index (χ0v) is 9.44. The minimum atomic E-state index is -0.0398. The smallest absolute Gasteiger partial charge is 0.237 e. The van der Waals surface area contributed by atoms with Crippen molar-refractivity contribution in [3.05, 3.63) is 12.2 Å². The normalized spacial score (nSPS) is 20.7. The van der Waals surface area contributed by atoms with Gasteiger partial charge in [-0.3, -0.25) is 4.79 Å². The Labute approximate surface area is 94.4 Å². The molecule has 1 fully saturated rings. The van der Waals surface area contributed by atoms with Crippen LogP contribution >= 0.6 is 0 Å². The van der Waals surface area contributed by atoms with Crippen LogP contribution < -0.4 is 10.6 Å². The van der Waals surface area contributed by atoms with E-state index in [0.717, 1.165) is 31.6 Å². The number of aromatic nitrogens is 3. The number of hydrogen-bond donors (Lipinski definition) is 2. The molecule has 2 N–H and O–H groups in total. The summed E-state index contributed by atoms with van der Waals surface area (Å²) in [4.78, 5) is 11.8. The van der Waals surface area contributed by atoms with Gasteiger partial charge in [0, 0.05) is 7.05 Å². The third kappa shape index (κ3) is 2.57. The molecule has 1 aliphatic heterocycles. The minimum absolute atomic E-state index is 0.0398. The van der Waals surface area contributed by atoms with Crippen LogP contribution in [0.25, 0.3) is 0 Å². The second kappa shape index (κ2) is 5.07. The molecule has 0 aliphatic carbocycles. The van der Waals surface area contributed by atoms with Gasteiger partial charge in [-0.1, -0.05) is 6.42 Å². The van der Waals surface area contributed by atoms with Gasteiger partial charge in [-0.25, -0.2) is 0 Å². The highest BCUT2D eigenvalue weighted by Crippen LogP contribution is 2.06. The maximum Gasteiger partial charge on any atom is 0.237 e. The molecule has 2 heterocycles. The van der Waals surface area contributed by atoms with E-state index in [1.165, 1.54) is 0 Å². The Morgan fingerprint density at radius 1 is 1.69 bits per heavy atom. The van der Waals surface area contributed by atoms with Crippen molar-refractivity contribution in [1.82, 2.24) is 25.4 Å². The second-order valence-electron chi connectivity index (χ2n) is 4.08. The number of nitrogens with one attached hydrogen (secondary N) is 2. The molecule has 0 spiro atoms. The van der Waals surface area contributed by atoms with E-state index in [-0.39, 0.29) is 11.9 Å². The van der Waals surface area contributed by atoms with Crippen molar-refractivity contribution in [2.75, 3.05) is 6.54 Å². The topological polar surface area (TPSA) is 71.8 Å². The summed E-state index contributed by atoms with van der Waals surface area (Å²) >= 11 is 0. The van der Waals surface area contributed by atoms with Crippen LogP contribution in [0.15, 0.2) is 6.33 Å². The van der Waals surface area contributed by atoms with Crippen LogP contribution in [0.1, 0.15) is 25.1 Å². The van der Waals surface area contributed by atoms with Crippen LogP contribution in [0.5, 0.6) is 0 Å². The molecule has 1 aliphatic rings. The Hall–Kier alpha value is -1.43. The summed E-state index contributed by atoms with van der Waals surface area (Å²) in [5, 5.41) is 13.7. The van der Waals surface area contributed by atoms with Gasteiger partial charge in [0.25, 0.3) is 0 Å². The van der Waals surface area contributed by atoms with E-state index < -0.39 is 0 Å². The molecule has 2 rings (SSSR count). The molecule has 0 aromatic carbocycles. The fourth-order valence-corrected chi connectivity index (χ4v) is 1.83. The van der Waals surface area contributed by atoms with Gasteiger partial charge < -0.3 is 15.2 Å². The Bertz CT molecular complexity index is 356. The third-order valence-electron chi connectivity index (χ3n) is 2.85.